The van der Waals surface area contributed by atoms with E-state index in [9.17, 15) is 4.79 Å². The molecule has 7 heteroatoms. The number of nitrogens with zero attached hydrogens (tertiary/aromatic N) is 5. The monoisotopic (exact) mass is 426 g/mol. The Labute approximate surface area is 187 Å². The lowest BCUT2D eigenvalue weighted by Gasteiger charge is -2.12. The molecule has 0 saturated carbocycles. The number of Topliss-reactive ketones (excluding diaryl/α,β-unsaturated/α-hetero) is 1. The predicted octanol–water partition coefficient (Wildman–Crippen LogP) is 4.25. The van der Waals surface area contributed by atoms with Gasteiger partial charge in [0, 0.05) is 48.8 Å². The first-order valence-corrected chi connectivity index (χ1v) is 10.8. The molecule has 0 saturated heterocycles. The highest BCUT2D eigenvalue weighted by molar-refractivity contribution is 6.00. The molecule has 3 aromatic heterocycles. The van der Waals surface area contributed by atoms with Crippen molar-refractivity contribution in [3.8, 4) is 16.9 Å². The van der Waals surface area contributed by atoms with Gasteiger partial charge in [0.05, 0.1) is 17.6 Å². The molecule has 0 aliphatic rings. The van der Waals surface area contributed by atoms with Crippen molar-refractivity contribution in [2.75, 3.05) is 5.73 Å². The van der Waals surface area contributed by atoms with E-state index in [2.05, 4.69) is 39.0 Å². The molecule has 3 heterocycles. The quantitative estimate of drug-likeness (QED) is 0.423. The van der Waals surface area contributed by atoms with Crippen molar-refractivity contribution in [2.45, 2.75) is 39.5 Å². The van der Waals surface area contributed by atoms with Crippen LogP contribution < -0.4 is 5.73 Å². The normalized spacial score (nSPS) is 10.9. The number of anilines is 1. The van der Waals surface area contributed by atoms with Gasteiger partial charge in [-0.25, -0.2) is 15.0 Å². The first-order valence-electron chi connectivity index (χ1n) is 10.8. The number of nitrogens with two attached hydrogens (primary N) is 1. The fourth-order valence-electron chi connectivity index (χ4n) is 3.74. The molecule has 0 radical (unpaired) electrons. The second kappa shape index (κ2) is 9.51. The van der Waals surface area contributed by atoms with E-state index in [4.69, 9.17) is 5.73 Å². The maximum absolute atomic E-state index is 13.2. The van der Waals surface area contributed by atoms with Crippen molar-refractivity contribution in [3.05, 3.63) is 84.0 Å². The van der Waals surface area contributed by atoms with Crippen LogP contribution in [0.15, 0.2) is 61.3 Å². The topological polar surface area (TPSA) is 99.6 Å². The van der Waals surface area contributed by atoms with Crippen LogP contribution in [0.2, 0.25) is 0 Å². The van der Waals surface area contributed by atoms with Crippen LogP contribution in [-0.2, 0) is 19.3 Å². The second-order valence-corrected chi connectivity index (χ2v) is 7.61. The van der Waals surface area contributed by atoms with E-state index in [1.807, 2.05) is 35.9 Å². The minimum atomic E-state index is -0.202. The highest BCUT2D eigenvalue weighted by Gasteiger charge is 2.18. The summed E-state index contributed by atoms with van der Waals surface area (Å²) in [4.78, 5) is 30.6. The van der Waals surface area contributed by atoms with Crippen molar-refractivity contribution < 1.29 is 4.79 Å². The molecular formula is C25H26N6O. The van der Waals surface area contributed by atoms with Crippen molar-refractivity contribution in [1.29, 1.82) is 0 Å². The summed E-state index contributed by atoms with van der Waals surface area (Å²) in [5.74, 6) is 0.841. The number of aromatic nitrogens is 5. The summed E-state index contributed by atoms with van der Waals surface area (Å²) >= 11 is 0. The zero-order chi connectivity index (χ0) is 22.5. The van der Waals surface area contributed by atoms with E-state index >= 15 is 0 Å². The lowest BCUT2D eigenvalue weighted by Crippen LogP contribution is -2.13. The number of nitrogen functional groups attached to an aromatic ring is 1. The molecule has 32 heavy (non-hydrogen) atoms. The average molecular weight is 427 g/mol. The summed E-state index contributed by atoms with van der Waals surface area (Å²) in [7, 11) is 0. The molecule has 4 rings (SSSR count). The first kappa shape index (κ1) is 21.4. The van der Waals surface area contributed by atoms with Crippen molar-refractivity contribution in [3.63, 3.8) is 0 Å². The SMILES string of the molecule is CCCc1ccc(-c2cnc(N)c(C(=O)Cc3cnccc3-n3ccnc3CC)n2)cc1. The van der Waals surface area contributed by atoms with Gasteiger partial charge in [0.2, 0.25) is 0 Å². The standard InChI is InChI=1S/C25H26N6O/c1-3-5-17-6-8-18(9-7-17)20-16-29-25(26)24(30-20)22(32)14-19-15-27-11-10-21(19)31-13-12-28-23(31)4-2/h6-13,15-16H,3-5,14H2,1-2H3,(H2,26,29). The second-order valence-electron chi connectivity index (χ2n) is 7.61. The van der Waals surface area contributed by atoms with E-state index in [0.717, 1.165) is 41.9 Å². The van der Waals surface area contributed by atoms with Crippen LogP contribution in [0.3, 0.4) is 0 Å². The molecule has 0 aliphatic heterocycles. The zero-order valence-corrected chi connectivity index (χ0v) is 18.3. The molecule has 0 fully saturated rings. The van der Waals surface area contributed by atoms with E-state index in [1.165, 1.54) is 5.56 Å². The fourth-order valence-corrected chi connectivity index (χ4v) is 3.74. The number of imidazole rings is 1. The highest BCUT2D eigenvalue weighted by atomic mass is 16.1. The van der Waals surface area contributed by atoms with Crippen molar-refractivity contribution in [2.24, 2.45) is 0 Å². The fraction of sp³-hybridized carbons (Fsp3) is 0.240. The van der Waals surface area contributed by atoms with Gasteiger partial charge in [-0.3, -0.25) is 9.78 Å². The molecule has 4 aromatic rings. The zero-order valence-electron chi connectivity index (χ0n) is 18.3. The average Bonchev–Trinajstić information content (AvgIpc) is 3.29. The van der Waals surface area contributed by atoms with Crippen LogP contribution in [0, 0.1) is 0 Å². The summed E-state index contributed by atoms with van der Waals surface area (Å²) in [6.45, 7) is 4.20. The third kappa shape index (κ3) is 4.42. The van der Waals surface area contributed by atoms with Gasteiger partial charge < -0.3 is 10.3 Å². The Kier molecular flexibility index (Phi) is 6.35. The van der Waals surface area contributed by atoms with Gasteiger partial charge in [0.15, 0.2) is 11.6 Å². The Balaban J connectivity index is 1.63. The van der Waals surface area contributed by atoms with Gasteiger partial charge in [-0.1, -0.05) is 44.5 Å². The molecule has 162 valence electrons. The largest absolute Gasteiger partial charge is 0.382 e. The van der Waals surface area contributed by atoms with Crippen LogP contribution in [0.25, 0.3) is 16.9 Å². The number of ketones is 1. The van der Waals surface area contributed by atoms with Crippen molar-refractivity contribution >= 4 is 11.6 Å². The molecular weight excluding hydrogens is 400 g/mol. The van der Waals surface area contributed by atoms with Gasteiger partial charge in [-0.2, -0.15) is 0 Å². The lowest BCUT2D eigenvalue weighted by molar-refractivity contribution is 0.0989. The molecule has 0 unspecified atom stereocenters. The Bertz CT molecular complexity index is 1230. The lowest BCUT2D eigenvalue weighted by atomic mass is 10.0. The third-order valence-corrected chi connectivity index (χ3v) is 5.38. The van der Waals surface area contributed by atoms with Crippen LogP contribution in [0.5, 0.6) is 0 Å². The first-order chi connectivity index (χ1) is 15.6. The maximum atomic E-state index is 13.2. The van der Waals surface area contributed by atoms with Crippen LogP contribution in [0.4, 0.5) is 5.82 Å². The Hall–Kier alpha value is -3.87. The molecule has 0 spiro atoms. The van der Waals surface area contributed by atoms with Crippen molar-refractivity contribution in [1.82, 2.24) is 24.5 Å². The number of benzene rings is 1. The highest BCUT2D eigenvalue weighted by Crippen LogP contribution is 2.22. The molecule has 2 N–H and O–H groups in total. The molecule has 7 nitrogen and oxygen atoms in total. The molecule has 0 aliphatic carbocycles. The number of carbonyl (C=O) groups excluding carboxylic acids is 1. The Morgan fingerprint density at radius 1 is 1.03 bits per heavy atom. The minimum Gasteiger partial charge on any atom is -0.382 e. The van der Waals surface area contributed by atoms with Gasteiger partial charge in [-0.05, 0) is 18.1 Å². The molecule has 0 bridgehead atoms. The third-order valence-electron chi connectivity index (χ3n) is 5.38. The van der Waals surface area contributed by atoms with Gasteiger partial charge in [0.25, 0.3) is 0 Å². The summed E-state index contributed by atoms with van der Waals surface area (Å²) in [6, 6.07) is 10.0. The van der Waals surface area contributed by atoms with Gasteiger partial charge in [0.1, 0.15) is 11.5 Å². The smallest absolute Gasteiger partial charge is 0.189 e. The maximum Gasteiger partial charge on any atom is 0.189 e. The van der Waals surface area contributed by atoms with E-state index in [-0.39, 0.29) is 23.7 Å². The van der Waals surface area contributed by atoms with E-state index in [1.54, 1.807) is 24.8 Å². The number of hydrogen-bond donors (Lipinski definition) is 1. The van der Waals surface area contributed by atoms with E-state index < -0.39 is 0 Å². The molecule has 0 amide bonds. The van der Waals surface area contributed by atoms with Gasteiger partial charge in [-0.15, -0.1) is 0 Å². The molecule has 0 atom stereocenters. The van der Waals surface area contributed by atoms with Crippen LogP contribution in [0.1, 0.15) is 47.7 Å². The molecule has 1 aromatic carbocycles. The summed E-state index contributed by atoms with van der Waals surface area (Å²) in [5, 5.41) is 0. The number of hydrogen-bond acceptors (Lipinski definition) is 6. The summed E-state index contributed by atoms with van der Waals surface area (Å²) in [6.07, 6.45) is 11.7. The Morgan fingerprint density at radius 3 is 2.59 bits per heavy atom. The van der Waals surface area contributed by atoms with E-state index in [0.29, 0.717) is 5.69 Å². The number of aryl methyl sites for hydroxylation is 2. The minimum absolute atomic E-state index is 0.113. The van der Waals surface area contributed by atoms with Crippen LogP contribution in [-0.4, -0.2) is 30.3 Å². The number of pyridine rings is 1. The van der Waals surface area contributed by atoms with Gasteiger partial charge >= 0.3 is 0 Å². The number of carbonyl (C=O) groups is 1. The summed E-state index contributed by atoms with van der Waals surface area (Å²) < 4.78 is 1.98. The number of rotatable bonds is 8. The predicted molar refractivity (Wildman–Crippen MR) is 125 cm³/mol. The Morgan fingerprint density at radius 2 is 1.84 bits per heavy atom. The summed E-state index contributed by atoms with van der Waals surface area (Å²) in [5.41, 5.74) is 10.7. The van der Waals surface area contributed by atoms with Crippen LogP contribution >= 0.6 is 0 Å².